The Morgan fingerprint density at radius 1 is 0.441 bits per heavy atom. The number of hydrogen-bond acceptors (Lipinski definition) is 12. The molecule has 4 aromatic rings. The summed E-state index contributed by atoms with van der Waals surface area (Å²) in [5, 5.41) is 19.0. The molecule has 0 aliphatic heterocycles. The quantitative estimate of drug-likeness (QED) is 0.0179. The van der Waals surface area contributed by atoms with Crippen LogP contribution in [0.5, 0.6) is 0 Å². The summed E-state index contributed by atoms with van der Waals surface area (Å²) in [5.41, 5.74) is 6.01. The molecule has 2 aliphatic carbocycles. The molecular formula is C52H68N8O6S2+2. The van der Waals surface area contributed by atoms with Gasteiger partial charge in [-0.2, -0.15) is 0 Å². The van der Waals surface area contributed by atoms with Crippen LogP contribution in [0.3, 0.4) is 0 Å². The topological polar surface area (TPSA) is 175 Å². The monoisotopic (exact) mass is 964 g/mol. The lowest BCUT2D eigenvalue weighted by atomic mass is 9.82. The molecule has 6 N–H and O–H groups in total. The highest BCUT2D eigenvalue weighted by Gasteiger charge is 2.35. The van der Waals surface area contributed by atoms with Gasteiger partial charge < -0.3 is 40.9 Å². The van der Waals surface area contributed by atoms with Gasteiger partial charge in [-0.3, -0.25) is 28.8 Å². The fourth-order valence-corrected chi connectivity index (χ4v) is 10.7. The van der Waals surface area contributed by atoms with Crippen LogP contribution in [-0.2, 0) is 9.59 Å². The van der Waals surface area contributed by atoms with Crippen molar-refractivity contribution in [3.05, 3.63) is 117 Å². The Labute approximate surface area is 409 Å². The number of ketones is 4. The molecule has 6 rings (SSSR count). The number of rotatable bonds is 27. The fourth-order valence-electron chi connectivity index (χ4n) is 8.93. The maximum absolute atomic E-state index is 13.5. The Balaban J connectivity index is 0.771. The minimum atomic E-state index is -0.149. The third-order valence-electron chi connectivity index (χ3n) is 12.6. The van der Waals surface area contributed by atoms with Crippen molar-refractivity contribution in [3.8, 4) is 0 Å². The van der Waals surface area contributed by atoms with E-state index in [4.69, 9.17) is 0 Å². The summed E-state index contributed by atoms with van der Waals surface area (Å²) < 4.78 is 1.52. The third kappa shape index (κ3) is 13.1. The zero-order chi connectivity index (χ0) is 48.8. The van der Waals surface area contributed by atoms with Crippen molar-refractivity contribution in [1.82, 2.24) is 10.6 Å². The van der Waals surface area contributed by atoms with E-state index < -0.39 is 0 Å². The second-order valence-corrected chi connectivity index (χ2v) is 21.3. The van der Waals surface area contributed by atoms with Crippen LogP contribution in [0.15, 0.2) is 72.8 Å². The summed E-state index contributed by atoms with van der Waals surface area (Å²) in [5.74, 6) is 1.08. The van der Waals surface area contributed by atoms with Crippen molar-refractivity contribution in [3.63, 3.8) is 0 Å². The Morgan fingerprint density at radius 3 is 1.09 bits per heavy atom. The highest BCUT2D eigenvalue weighted by atomic mass is 33.1. The maximum atomic E-state index is 13.5. The Morgan fingerprint density at radius 2 is 0.750 bits per heavy atom. The number of anilines is 4. The zero-order valence-electron chi connectivity index (χ0n) is 40.4. The number of carbonyl (C=O) groups is 6. The molecular weight excluding hydrogens is 897 g/mol. The SMILES string of the molecule is CNc1ccc(NCCC[N+](C)(C)CCCC(=O)NCCSSCCNC(=O)CCC[N+](C)(C)CCCNc2ccc(NC)c3c2C(=O)c2ccccc2C3=O)c2c1C(=O)c1ccccc1C2=O. The van der Waals surface area contributed by atoms with Gasteiger partial charge in [-0.1, -0.05) is 70.1 Å². The lowest BCUT2D eigenvalue weighted by Gasteiger charge is -2.30. The molecule has 0 fully saturated rings. The van der Waals surface area contributed by atoms with Crippen LogP contribution in [0.2, 0.25) is 0 Å². The number of nitrogens with one attached hydrogen (secondary N) is 6. The second-order valence-electron chi connectivity index (χ2n) is 18.6. The van der Waals surface area contributed by atoms with Crippen LogP contribution in [0.4, 0.5) is 22.7 Å². The summed E-state index contributed by atoms with van der Waals surface area (Å²) in [7, 11) is 15.5. The molecule has 68 heavy (non-hydrogen) atoms. The maximum Gasteiger partial charge on any atom is 0.220 e. The number of quaternary nitrogens is 2. The molecule has 16 heteroatoms. The molecule has 14 nitrogen and oxygen atoms in total. The van der Waals surface area contributed by atoms with Gasteiger partial charge in [-0.05, 0) is 24.3 Å². The minimum absolute atomic E-state index is 0.0515. The van der Waals surface area contributed by atoms with E-state index in [2.05, 4.69) is 60.1 Å². The van der Waals surface area contributed by atoms with Crippen LogP contribution in [0.25, 0.3) is 0 Å². The molecule has 0 bridgehead atoms. The predicted molar refractivity (Wildman–Crippen MR) is 278 cm³/mol. The highest BCUT2D eigenvalue weighted by Crippen LogP contribution is 2.38. The van der Waals surface area contributed by atoms with Crippen LogP contribution < -0.4 is 31.9 Å². The van der Waals surface area contributed by atoms with Crippen molar-refractivity contribution in [1.29, 1.82) is 0 Å². The van der Waals surface area contributed by atoms with Crippen LogP contribution >= 0.6 is 21.6 Å². The number of fused-ring (bicyclic) bond motifs is 4. The largest absolute Gasteiger partial charge is 0.388 e. The summed E-state index contributed by atoms with van der Waals surface area (Å²) in [6.45, 7) is 5.96. The van der Waals surface area contributed by atoms with Gasteiger partial charge in [-0.25, -0.2) is 0 Å². The predicted octanol–water partition coefficient (Wildman–Crippen LogP) is 6.95. The summed E-state index contributed by atoms with van der Waals surface area (Å²) in [4.78, 5) is 79.0. The first-order valence-electron chi connectivity index (χ1n) is 23.6. The molecule has 0 spiro atoms. The van der Waals surface area contributed by atoms with Gasteiger partial charge in [0.2, 0.25) is 11.8 Å². The first kappa shape index (κ1) is 51.7. The molecule has 362 valence electrons. The fraction of sp³-hybridized carbons (Fsp3) is 0.423. The molecule has 0 aromatic heterocycles. The molecule has 0 unspecified atom stereocenters. The van der Waals surface area contributed by atoms with Gasteiger partial charge in [0.25, 0.3) is 0 Å². The van der Waals surface area contributed by atoms with E-state index >= 15 is 0 Å². The number of benzene rings is 4. The van der Waals surface area contributed by atoms with Gasteiger partial charge >= 0.3 is 0 Å². The second kappa shape index (κ2) is 24.0. The van der Waals surface area contributed by atoms with Gasteiger partial charge in [0, 0.05) is 135 Å². The number of nitrogens with zero attached hydrogens (tertiary/aromatic N) is 2. The van der Waals surface area contributed by atoms with E-state index in [9.17, 15) is 28.8 Å². The average Bonchev–Trinajstić information content (AvgIpc) is 3.32. The smallest absolute Gasteiger partial charge is 0.220 e. The minimum Gasteiger partial charge on any atom is -0.388 e. The lowest BCUT2D eigenvalue weighted by molar-refractivity contribution is -0.890. The van der Waals surface area contributed by atoms with Crippen molar-refractivity contribution in [2.45, 2.75) is 38.5 Å². The van der Waals surface area contributed by atoms with Crippen LogP contribution in [0, 0.1) is 0 Å². The van der Waals surface area contributed by atoms with Crippen molar-refractivity contribution >= 4 is 79.3 Å². The van der Waals surface area contributed by atoms with E-state index in [1.54, 1.807) is 84.2 Å². The normalized spacial score (nSPS) is 13.0. The van der Waals surface area contributed by atoms with Crippen molar-refractivity contribution in [2.75, 3.05) is 127 Å². The van der Waals surface area contributed by atoms with Gasteiger partial charge in [0.1, 0.15) is 0 Å². The van der Waals surface area contributed by atoms with Gasteiger partial charge in [0.15, 0.2) is 23.1 Å². The summed E-state index contributed by atoms with van der Waals surface area (Å²) in [6, 6.07) is 21.4. The van der Waals surface area contributed by atoms with Crippen LogP contribution in [0.1, 0.15) is 102 Å². The molecule has 0 saturated heterocycles. The first-order chi connectivity index (χ1) is 32.7. The van der Waals surface area contributed by atoms with E-state index in [0.29, 0.717) is 106 Å². The highest BCUT2D eigenvalue weighted by molar-refractivity contribution is 8.76. The number of hydrogen-bond donors (Lipinski definition) is 6. The van der Waals surface area contributed by atoms with Crippen molar-refractivity contribution in [2.24, 2.45) is 0 Å². The standard InChI is InChI=1S/C52H66N8O6S2/c1-53-39-21-23-41(47-45(39)49(63)35-15-7-9-17-37(35)51(47)65)55-25-13-31-59(3,4)29-11-19-43(61)57-27-33-67-68-34-28-58-44(62)20-12-30-60(5,6)32-14-26-56-42-24-22-40(54-2)46-48(42)52(66)38-18-10-8-16-36(38)50(46)64/h7-10,15-18,21-24H,11-14,19-20,25-34H2,1-6H3,(H4-2,53,54,55,56,57,58,61,62,63,64,65,66)/p+2. The lowest BCUT2D eigenvalue weighted by Crippen LogP contribution is -2.42. The molecule has 0 saturated carbocycles. The van der Waals surface area contributed by atoms with E-state index in [1.165, 1.54) is 0 Å². The van der Waals surface area contributed by atoms with E-state index in [0.717, 1.165) is 72.3 Å². The average molecular weight is 965 g/mol. The number of carbonyl (C=O) groups excluding carboxylic acids is 6. The van der Waals surface area contributed by atoms with Gasteiger partial charge in [-0.15, -0.1) is 0 Å². The first-order valence-corrected chi connectivity index (χ1v) is 26.1. The molecule has 2 amide bonds. The van der Waals surface area contributed by atoms with Crippen molar-refractivity contribution < 1.29 is 37.7 Å². The van der Waals surface area contributed by atoms with Crippen LogP contribution in [-0.4, -0.2) is 150 Å². The van der Waals surface area contributed by atoms with E-state index in [1.807, 2.05) is 24.3 Å². The summed E-state index contributed by atoms with van der Waals surface area (Å²) in [6.07, 6.45) is 4.18. The molecule has 4 aromatic carbocycles. The van der Waals surface area contributed by atoms with Gasteiger partial charge in [0.05, 0.1) is 76.6 Å². The Kier molecular flexibility index (Phi) is 18.3. The molecule has 2 aliphatic rings. The zero-order valence-corrected chi connectivity index (χ0v) is 42.0. The number of amides is 2. The molecule has 0 heterocycles. The Hall–Kier alpha value is -5.68. The third-order valence-corrected chi connectivity index (χ3v) is 15.0. The molecule has 0 radical (unpaired) electrons. The molecule has 0 atom stereocenters. The summed E-state index contributed by atoms with van der Waals surface area (Å²) >= 11 is 0. The Bertz CT molecular complexity index is 2340. The van der Waals surface area contributed by atoms with E-state index in [-0.39, 0.29) is 34.9 Å².